The second-order valence-electron chi connectivity index (χ2n) is 8.60. The van der Waals surface area contributed by atoms with Crippen LogP contribution in [-0.4, -0.2) is 21.4 Å². The van der Waals surface area contributed by atoms with Crippen molar-refractivity contribution in [1.29, 1.82) is 0 Å². The van der Waals surface area contributed by atoms with E-state index in [-0.39, 0.29) is 16.4 Å². The Morgan fingerprint density at radius 3 is 2.62 bits per heavy atom. The number of aromatic nitrogens is 1. The highest BCUT2D eigenvalue weighted by molar-refractivity contribution is 8.15. The average Bonchev–Trinajstić information content (AvgIpc) is 3.39. The minimum atomic E-state index is -0.364. The van der Waals surface area contributed by atoms with E-state index in [1.807, 2.05) is 0 Å². The van der Waals surface area contributed by atoms with Crippen LogP contribution in [0.15, 0.2) is 72.8 Å². The number of allylic oxidation sites excluding steroid dienone is 2. The van der Waals surface area contributed by atoms with Gasteiger partial charge in [0.15, 0.2) is 0 Å². The first kappa shape index (κ1) is 22.8. The fourth-order valence-corrected chi connectivity index (χ4v) is 6.25. The Morgan fingerprint density at radius 1 is 0.912 bits per heavy atom. The van der Waals surface area contributed by atoms with Gasteiger partial charge in [0.05, 0.1) is 20.5 Å². The third-order valence-electron chi connectivity index (χ3n) is 6.04. The molecule has 1 saturated heterocycles. The van der Waals surface area contributed by atoms with Crippen LogP contribution in [0.4, 0.5) is 4.79 Å². The smallest absolute Gasteiger partial charge is 0.286 e. The highest BCUT2D eigenvalue weighted by Gasteiger charge is 2.32. The first-order chi connectivity index (χ1) is 16.6. The van der Waals surface area contributed by atoms with Crippen LogP contribution in [0.25, 0.3) is 21.0 Å². The summed E-state index contributed by atoms with van der Waals surface area (Å²) in [6, 6.07) is 21.7. The lowest BCUT2D eigenvalue weighted by atomic mass is 10.0. The Hall–Kier alpha value is -2.96. The summed E-state index contributed by atoms with van der Waals surface area (Å²) in [5, 5.41) is 5.24. The van der Waals surface area contributed by atoms with E-state index in [2.05, 4.69) is 83.1 Å². The highest BCUT2D eigenvalue weighted by atomic mass is 32.2. The van der Waals surface area contributed by atoms with Crippen LogP contribution < -0.4 is 5.32 Å². The van der Waals surface area contributed by atoms with Gasteiger partial charge in [-0.1, -0.05) is 72.4 Å². The van der Waals surface area contributed by atoms with Crippen molar-refractivity contribution in [3.8, 4) is 0 Å². The number of amides is 2. The third kappa shape index (κ3) is 5.57. The average molecular weight is 487 g/mol. The predicted molar refractivity (Wildman–Crippen MR) is 143 cm³/mol. The molecule has 0 spiro atoms. The zero-order valence-corrected chi connectivity index (χ0v) is 20.5. The van der Waals surface area contributed by atoms with Crippen molar-refractivity contribution in [2.75, 3.05) is 0 Å². The van der Waals surface area contributed by atoms with Gasteiger partial charge in [0.25, 0.3) is 5.24 Å². The van der Waals surface area contributed by atoms with Crippen LogP contribution in [0.5, 0.6) is 0 Å². The molecular formula is C28H26N2O2S2. The summed E-state index contributed by atoms with van der Waals surface area (Å²) < 4.78 is 1.13. The van der Waals surface area contributed by atoms with Gasteiger partial charge < -0.3 is 0 Å². The van der Waals surface area contributed by atoms with E-state index in [0.29, 0.717) is 6.42 Å². The number of carbonyl (C=O) groups is 2. The Kier molecular flexibility index (Phi) is 7.07. The van der Waals surface area contributed by atoms with E-state index in [1.165, 1.54) is 34.7 Å². The molecule has 4 nitrogen and oxygen atoms in total. The lowest BCUT2D eigenvalue weighted by molar-refractivity contribution is -0.118. The quantitative estimate of drug-likeness (QED) is 0.207. The van der Waals surface area contributed by atoms with Crippen LogP contribution in [0.3, 0.4) is 0 Å². The molecule has 34 heavy (non-hydrogen) atoms. The van der Waals surface area contributed by atoms with Gasteiger partial charge in [-0.3, -0.25) is 14.9 Å². The number of rotatable bonds is 9. The van der Waals surface area contributed by atoms with Gasteiger partial charge in [-0.15, -0.1) is 11.3 Å². The zero-order chi connectivity index (χ0) is 23.3. The normalized spacial score (nSPS) is 16.2. The molecule has 1 N–H and O–H groups in total. The molecule has 2 heterocycles. The number of imide groups is 1. The van der Waals surface area contributed by atoms with Gasteiger partial charge in [-0.2, -0.15) is 0 Å². The standard InChI is InChI=1S/C28H26N2O2S2/c31-27-25(34-28(32)30-27)18-26-29-23-15-13-20(17-24(23)33-26)9-5-3-1-2-4-8-19-12-14-21-10-6-7-11-22(21)16-19/h3,5-7,10-17,25H,1-2,4,8-9,18H2,(H,30,31,32)/b5-3-. The summed E-state index contributed by atoms with van der Waals surface area (Å²) in [5.41, 5.74) is 3.63. The molecule has 172 valence electrons. The first-order valence-corrected chi connectivity index (χ1v) is 13.4. The van der Waals surface area contributed by atoms with Crippen molar-refractivity contribution in [2.24, 2.45) is 0 Å². The topological polar surface area (TPSA) is 59.1 Å². The monoisotopic (exact) mass is 486 g/mol. The van der Waals surface area contributed by atoms with Gasteiger partial charge in [-0.25, -0.2) is 4.98 Å². The summed E-state index contributed by atoms with van der Waals surface area (Å²) in [4.78, 5) is 27.8. The number of thiazole rings is 1. The number of unbranched alkanes of at least 4 members (excludes halogenated alkanes) is 2. The number of nitrogens with one attached hydrogen (secondary N) is 1. The maximum Gasteiger partial charge on any atom is 0.286 e. The first-order valence-electron chi connectivity index (χ1n) is 11.7. The molecule has 3 aromatic carbocycles. The molecule has 2 amide bonds. The predicted octanol–water partition coefficient (Wildman–Crippen LogP) is 6.86. The second-order valence-corrected chi connectivity index (χ2v) is 10.9. The molecule has 0 saturated carbocycles. The molecule has 0 bridgehead atoms. The number of carbonyl (C=O) groups excluding carboxylic acids is 2. The fraction of sp³-hybridized carbons (Fsp3) is 0.250. The van der Waals surface area contributed by atoms with Gasteiger partial charge in [0.1, 0.15) is 0 Å². The summed E-state index contributed by atoms with van der Waals surface area (Å²) in [7, 11) is 0. The molecule has 1 fully saturated rings. The van der Waals surface area contributed by atoms with Crippen molar-refractivity contribution in [2.45, 2.75) is 43.8 Å². The zero-order valence-electron chi connectivity index (χ0n) is 18.8. The van der Waals surface area contributed by atoms with Gasteiger partial charge in [0.2, 0.25) is 5.91 Å². The molecule has 1 aromatic heterocycles. The molecule has 1 unspecified atom stereocenters. The number of fused-ring (bicyclic) bond motifs is 2. The summed E-state index contributed by atoms with van der Waals surface area (Å²) >= 11 is 2.67. The molecule has 1 aliphatic rings. The molecule has 4 aromatic rings. The van der Waals surface area contributed by atoms with Crippen molar-refractivity contribution in [3.63, 3.8) is 0 Å². The van der Waals surface area contributed by atoms with Crippen molar-refractivity contribution >= 4 is 55.2 Å². The van der Waals surface area contributed by atoms with E-state index in [9.17, 15) is 9.59 Å². The number of nitrogens with zero attached hydrogens (tertiary/aromatic N) is 1. The molecule has 0 aliphatic carbocycles. The lowest BCUT2D eigenvalue weighted by Crippen LogP contribution is -2.25. The Balaban J connectivity index is 1.08. The Labute approximate surface area is 207 Å². The lowest BCUT2D eigenvalue weighted by Gasteiger charge is -2.03. The fourth-order valence-electron chi connectivity index (χ4n) is 4.24. The molecule has 6 heteroatoms. The van der Waals surface area contributed by atoms with Crippen molar-refractivity contribution in [3.05, 3.63) is 89.0 Å². The molecular weight excluding hydrogens is 460 g/mol. The minimum Gasteiger partial charge on any atom is -0.286 e. The maximum absolute atomic E-state index is 11.8. The number of aryl methyl sites for hydroxylation is 1. The van der Waals surface area contributed by atoms with E-state index in [0.717, 1.165) is 46.2 Å². The van der Waals surface area contributed by atoms with Crippen LogP contribution in [0.2, 0.25) is 0 Å². The van der Waals surface area contributed by atoms with E-state index in [4.69, 9.17) is 0 Å². The number of hydrogen-bond donors (Lipinski definition) is 1. The largest absolute Gasteiger partial charge is 0.286 e. The van der Waals surface area contributed by atoms with Gasteiger partial charge in [0, 0.05) is 6.42 Å². The van der Waals surface area contributed by atoms with Crippen molar-refractivity contribution < 1.29 is 9.59 Å². The molecule has 1 atom stereocenters. The Morgan fingerprint density at radius 2 is 1.76 bits per heavy atom. The van der Waals surface area contributed by atoms with Gasteiger partial charge in [-0.05, 0) is 66.1 Å². The molecule has 5 rings (SSSR count). The van der Waals surface area contributed by atoms with Crippen LogP contribution >= 0.6 is 23.1 Å². The second kappa shape index (κ2) is 10.5. The van der Waals surface area contributed by atoms with Crippen LogP contribution in [0.1, 0.15) is 35.4 Å². The van der Waals surface area contributed by atoms with Crippen LogP contribution in [-0.2, 0) is 24.1 Å². The summed E-state index contributed by atoms with van der Waals surface area (Å²) in [6.07, 6.45) is 10.6. The molecule has 1 aliphatic heterocycles. The van der Waals surface area contributed by atoms with Crippen molar-refractivity contribution in [1.82, 2.24) is 10.3 Å². The van der Waals surface area contributed by atoms with Gasteiger partial charge >= 0.3 is 0 Å². The number of benzene rings is 3. The maximum atomic E-state index is 11.8. The summed E-state index contributed by atoms with van der Waals surface area (Å²) in [6.45, 7) is 0. The number of hydrogen-bond acceptors (Lipinski definition) is 5. The van der Waals surface area contributed by atoms with E-state index < -0.39 is 0 Å². The summed E-state index contributed by atoms with van der Waals surface area (Å²) in [5.74, 6) is -0.211. The Bertz CT molecular complexity index is 1380. The number of thioether (sulfide) groups is 1. The highest BCUT2D eigenvalue weighted by Crippen LogP contribution is 2.29. The van der Waals surface area contributed by atoms with Crippen LogP contribution in [0, 0.1) is 0 Å². The SMILES string of the molecule is O=C1NC(=O)C(Cc2nc3ccc(C/C=C\CCCCc4ccc5ccccc5c4)cc3s2)S1. The van der Waals surface area contributed by atoms with E-state index in [1.54, 1.807) is 11.3 Å². The third-order valence-corrected chi connectivity index (χ3v) is 8.07. The minimum absolute atomic E-state index is 0.211. The van der Waals surface area contributed by atoms with E-state index >= 15 is 0 Å². The molecule has 0 radical (unpaired) electrons.